The molecule has 2 aromatic heterocycles. The average molecular weight is 235 g/mol. The van der Waals surface area contributed by atoms with E-state index in [-0.39, 0.29) is 5.56 Å². The fourth-order valence-electron chi connectivity index (χ4n) is 2.45. The van der Waals surface area contributed by atoms with Crippen molar-refractivity contribution in [1.82, 2.24) is 14.5 Å². The van der Waals surface area contributed by atoms with Gasteiger partial charge in [-0.2, -0.15) is 0 Å². The van der Waals surface area contributed by atoms with Crippen molar-refractivity contribution in [2.45, 2.75) is 6.54 Å². The molecule has 0 fully saturated rings. The molecule has 0 N–H and O–H groups in total. The molecule has 0 amide bonds. The summed E-state index contributed by atoms with van der Waals surface area (Å²) < 4.78 is 1.72. The maximum atomic E-state index is 12.4. The maximum absolute atomic E-state index is 12.4. The lowest BCUT2D eigenvalue weighted by molar-refractivity contribution is 0.795. The molecule has 1 aliphatic rings. The zero-order valence-corrected chi connectivity index (χ0v) is 9.50. The van der Waals surface area contributed by atoms with Crippen LogP contribution in [0, 0.1) is 0 Å². The van der Waals surface area contributed by atoms with Crippen LogP contribution in [0.4, 0.5) is 0 Å². The number of rotatable bonds is 0. The van der Waals surface area contributed by atoms with Gasteiger partial charge >= 0.3 is 0 Å². The third-order valence-corrected chi connectivity index (χ3v) is 3.32. The first-order chi connectivity index (χ1) is 8.84. The molecule has 1 aliphatic heterocycles. The van der Waals surface area contributed by atoms with Crippen LogP contribution in [0.25, 0.3) is 22.4 Å². The van der Waals surface area contributed by atoms with Crippen LogP contribution in [0.15, 0.2) is 47.4 Å². The van der Waals surface area contributed by atoms with E-state index in [0.717, 1.165) is 17.0 Å². The summed E-state index contributed by atoms with van der Waals surface area (Å²) in [6, 6.07) is 11.5. The maximum Gasteiger partial charge on any atom is 0.263 e. The average Bonchev–Trinajstić information content (AvgIpc) is 2.79. The minimum absolute atomic E-state index is 0.0145. The Morgan fingerprint density at radius 2 is 2.00 bits per heavy atom. The Kier molecular flexibility index (Phi) is 1.73. The van der Waals surface area contributed by atoms with Crippen molar-refractivity contribution < 1.29 is 0 Å². The quantitative estimate of drug-likeness (QED) is 0.467. The van der Waals surface area contributed by atoms with Gasteiger partial charge in [0.25, 0.3) is 5.56 Å². The lowest BCUT2D eigenvalue weighted by Gasteiger charge is -2.03. The Labute approximate surface area is 103 Å². The molecule has 4 nitrogen and oxygen atoms in total. The smallest absolute Gasteiger partial charge is 0.263 e. The van der Waals surface area contributed by atoms with Crippen LogP contribution in [0.1, 0.15) is 5.56 Å². The Bertz CT molecular complexity index is 836. The summed E-state index contributed by atoms with van der Waals surface area (Å²) in [7, 11) is 0. The van der Waals surface area contributed by atoms with Crippen molar-refractivity contribution in [1.29, 1.82) is 0 Å². The SMILES string of the molecule is O=c1c2cccnc2nc2n1Cc1ccccc1-2. The molecule has 86 valence electrons. The highest BCUT2D eigenvalue weighted by molar-refractivity contribution is 5.77. The molecule has 4 heteroatoms. The summed E-state index contributed by atoms with van der Waals surface area (Å²) in [6.07, 6.45) is 1.66. The van der Waals surface area contributed by atoms with E-state index >= 15 is 0 Å². The second kappa shape index (κ2) is 3.26. The molecule has 18 heavy (non-hydrogen) atoms. The first kappa shape index (κ1) is 9.53. The summed E-state index contributed by atoms with van der Waals surface area (Å²) in [5.41, 5.74) is 2.67. The number of hydrogen-bond acceptors (Lipinski definition) is 3. The normalized spacial score (nSPS) is 12.4. The van der Waals surface area contributed by atoms with Gasteiger partial charge in [-0.25, -0.2) is 9.97 Å². The molecule has 0 bridgehead atoms. The zero-order chi connectivity index (χ0) is 12.1. The first-order valence-corrected chi connectivity index (χ1v) is 5.78. The van der Waals surface area contributed by atoms with Gasteiger partial charge in [-0.05, 0) is 17.7 Å². The van der Waals surface area contributed by atoms with Gasteiger partial charge in [-0.1, -0.05) is 24.3 Å². The molecule has 0 saturated heterocycles. The molecule has 0 radical (unpaired) electrons. The minimum atomic E-state index is -0.0145. The molecule has 3 aromatic rings. The van der Waals surface area contributed by atoms with Crippen LogP contribution in [0.3, 0.4) is 0 Å². The van der Waals surface area contributed by atoms with Gasteiger partial charge < -0.3 is 0 Å². The van der Waals surface area contributed by atoms with Crippen LogP contribution in [0.2, 0.25) is 0 Å². The second-order valence-electron chi connectivity index (χ2n) is 4.36. The van der Waals surface area contributed by atoms with Gasteiger partial charge in [0, 0.05) is 11.8 Å². The monoisotopic (exact) mass is 235 g/mol. The second-order valence-corrected chi connectivity index (χ2v) is 4.36. The number of pyridine rings is 1. The van der Waals surface area contributed by atoms with Crippen molar-refractivity contribution in [3.05, 3.63) is 58.5 Å². The Morgan fingerprint density at radius 1 is 1.11 bits per heavy atom. The largest absolute Gasteiger partial charge is 0.287 e. The standard InChI is InChI=1S/C14H9N3O/c18-14-11-6-3-7-15-12(11)16-13-10-5-2-1-4-9(10)8-17(13)14/h1-7H,8H2. The molecule has 0 atom stereocenters. The molecule has 1 aromatic carbocycles. The molecule has 0 saturated carbocycles. The van der Waals surface area contributed by atoms with Gasteiger partial charge in [0.15, 0.2) is 5.65 Å². The summed E-state index contributed by atoms with van der Waals surface area (Å²) in [5.74, 6) is 0.724. The van der Waals surface area contributed by atoms with Crippen molar-refractivity contribution in [2.75, 3.05) is 0 Å². The van der Waals surface area contributed by atoms with E-state index in [1.807, 2.05) is 24.3 Å². The van der Waals surface area contributed by atoms with E-state index in [4.69, 9.17) is 0 Å². The highest BCUT2D eigenvalue weighted by Crippen LogP contribution is 2.28. The molecule has 0 spiro atoms. The van der Waals surface area contributed by atoms with Gasteiger partial charge in [-0.15, -0.1) is 0 Å². The number of fused-ring (bicyclic) bond motifs is 4. The van der Waals surface area contributed by atoms with Crippen LogP contribution in [-0.2, 0) is 6.54 Å². The molecular formula is C14H9N3O. The van der Waals surface area contributed by atoms with E-state index in [0.29, 0.717) is 17.6 Å². The highest BCUT2D eigenvalue weighted by Gasteiger charge is 2.21. The minimum Gasteiger partial charge on any atom is -0.287 e. The summed E-state index contributed by atoms with van der Waals surface area (Å²) >= 11 is 0. The summed E-state index contributed by atoms with van der Waals surface area (Å²) in [4.78, 5) is 21.0. The highest BCUT2D eigenvalue weighted by atomic mass is 16.1. The fourth-order valence-corrected chi connectivity index (χ4v) is 2.45. The summed E-state index contributed by atoms with van der Waals surface area (Å²) in [6.45, 7) is 0.599. The van der Waals surface area contributed by atoms with Crippen LogP contribution < -0.4 is 5.56 Å². The van der Waals surface area contributed by atoms with E-state index < -0.39 is 0 Å². The number of hydrogen-bond donors (Lipinski definition) is 0. The molecule has 3 heterocycles. The Morgan fingerprint density at radius 3 is 2.94 bits per heavy atom. The van der Waals surface area contributed by atoms with Crippen LogP contribution in [0.5, 0.6) is 0 Å². The van der Waals surface area contributed by atoms with Gasteiger partial charge in [0.05, 0.1) is 11.9 Å². The van der Waals surface area contributed by atoms with E-state index in [9.17, 15) is 4.79 Å². The predicted molar refractivity (Wildman–Crippen MR) is 68.3 cm³/mol. The lowest BCUT2D eigenvalue weighted by Crippen LogP contribution is -2.20. The van der Waals surface area contributed by atoms with Gasteiger partial charge in [0.1, 0.15) is 5.82 Å². The third kappa shape index (κ3) is 1.12. The van der Waals surface area contributed by atoms with Gasteiger partial charge in [-0.3, -0.25) is 9.36 Å². The van der Waals surface area contributed by atoms with Crippen molar-refractivity contribution >= 4 is 11.0 Å². The van der Waals surface area contributed by atoms with Gasteiger partial charge in [0.2, 0.25) is 0 Å². The fraction of sp³-hybridized carbons (Fsp3) is 0.0714. The number of aromatic nitrogens is 3. The molecule has 0 unspecified atom stereocenters. The predicted octanol–water partition coefficient (Wildman–Crippen LogP) is 1.82. The zero-order valence-electron chi connectivity index (χ0n) is 9.50. The first-order valence-electron chi connectivity index (χ1n) is 5.78. The summed E-state index contributed by atoms with van der Waals surface area (Å²) in [5, 5.41) is 0.578. The van der Waals surface area contributed by atoms with E-state index in [1.54, 1.807) is 22.9 Å². The third-order valence-electron chi connectivity index (χ3n) is 3.32. The topological polar surface area (TPSA) is 47.8 Å². The van der Waals surface area contributed by atoms with E-state index in [1.165, 1.54) is 0 Å². The van der Waals surface area contributed by atoms with Crippen molar-refractivity contribution in [2.24, 2.45) is 0 Å². The van der Waals surface area contributed by atoms with Crippen LogP contribution in [-0.4, -0.2) is 14.5 Å². The molecule has 0 aliphatic carbocycles. The lowest BCUT2D eigenvalue weighted by atomic mass is 10.1. The Balaban J connectivity index is 2.16. The Hall–Kier alpha value is -2.49. The molecular weight excluding hydrogens is 226 g/mol. The van der Waals surface area contributed by atoms with Crippen molar-refractivity contribution in [3.63, 3.8) is 0 Å². The van der Waals surface area contributed by atoms with Crippen LogP contribution >= 0.6 is 0 Å². The number of benzene rings is 1. The number of nitrogens with zero attached hydrogens (tertiary/aromatic N) is 3. The molecule has 4 rings (SSSR count). The van der Waals surface area contributed by atoms with E-state index in [2.05, 4.69) is 9.97 Å². The van der Waals surface area contributed by atoms with Crippen molar-refractivity contribution in [3.8, 4) is 11.4 Å².